The molecule has 0 saturated heterocycles. The standard InChI is InChI=1S/C11H13NO/c1-7-6-12-10-5-3-4-9(8(2)13)11(7)10/h3-5,7,12H,6H2,1-2H3. The maximum Gasteiger partial charge on any atom is 0.160 e. The molecule has 2 heteroatoms. The Labute approximate surface area is 78.0 Å². The normalized spacial score (nSPS) is 19.4. The molecular weight excluding hydrogens is 162 g/mol. The number of hydrogen-bond acceptors (Lipinski definition) is 2. The van der Waals surface area contributed by atoms with E-state index in [1.165, 1.54) is 5.56 Å². The first-order valence-corrected chi connectivity index (χ1v) is 4.58. The average molecular weight is 175 g/mol. The van der Waals surface area contributed by atoms with Crippen molar-refractivity contribution in [2.45, 2.75) is 19.8 Å². The number of hydrogen-bond donors (Lipinski definition) is 1. The van der Waals surface area contributed by atoms with Gasteiger partial charge in [0.2, 0.25) is 0 Å². The molecule has 2 rings (SSSR count). The summed E-state index contributed by atoms with van der Waals surface area (Å²) in [6.07, 6.45) is 0. The largest absolute Gasteiger partial charge is 0.384 e. The van der Waals surface area contributed by atoms with E-state index in [4.69, 9.17) is 0 Å². The molecule has 0 saturated carbocycles. The van der Waals surface area contributed by atoms with Crippen molar-refractivity contribution in [2.75, 3.05) is 11.9 Å². The average Bonchev–Trinajstić information content (AvgIpc) is 2.48. The fraction of sp³-hybridized carbons (Fsp3) is 0.364. The van der Waals surface area contributed by atoms with Crippen LogP contribution in [0.15, 0.2) is 18.2 Å². The zero-order valence-electron chi connectivity index (χ0n) is 7.92. The predicted octanol–water partition coefficient (Wildman–Crippen LogP) is 2.42. The lowest BCUT2D eigenvalue weighted by Gasteiger charge is -2.07. The van der Waals surface area contributed by atoms with Gasteiger partial charge in [0.1, 0.15) is 0 Å². The van der Waals surface area contributed by atoms with E-state index < -0.39 is 0 Å². The van der Waals surface area contributed by atoms with Crippen LogP contribution in [0, 0.1) is 0 Å². The number of anilines is 1. The molecule has 0 spiro atoms. The van der Waals surface area contributed by atoms with E-state index in [-0.39, 0.29) is 5.78 Å². The molecule has 1 aromatic carbocycles. The number of nitrogens with one attached hydrogen (secondary N) is 1. The second-order valence-electron chi connectivity index (χ2n) is 3.60. The van der Waals surface area contributed by atoms with Crippen LogP contribution in [0.25, 0.3) is 0 Å². The highest BCUT2D eigenvalue weighted by Crippen LogP contribution is 2.33. The lowest BCUT2D eigenvalue weighted by molar-refractivity contribution is 0.101. The van der Waals surface area contributed by atoms with Crippen LogP contribution < -0.4 is 5.32 Å². The van der Waals surface area contributed by atoms with E-state index in [2.05, 4.69) is 12.2 Å². The molecule has 0 aromatic heterocycles. The highest BCUT2D eigenvalue weighted by atomic mass is 16.1. The number of carbonyl (C=O) groups is 1. The van der Waals surface area contributed by atoms with E-state index in [0.29, 0.717) is 5.92 Å². The number of Topliss-reactive ketones (excluding diaryl/α,β-unsaturated/α-hetero) is 1. The topological polar surface area (TPSA) is 29.1 Å². The maximum absolute atomic E-state index is 11.3. The van der Waals surface area contributed by atoms with Gasteiger partial charge in [-0.1, -0.05) is 19.1 Å². The van der Waals surface area contributed by atoms with Crippen molar-refractivity contribution in [3.05, 3.63) is 29.3 Å². The van der Waals surface area contributed by atoms with Crippen LogP contribution in [0.4, 0.5) is 5.69 Å². The fourth-order valence-corrected chi connectivity index (χ4v) is 1.92. The molecule has 0 bridgehead atoms. The molecule has 13 heavy (non-hydrogen) atoms. The van der Waals surface area contributed by atoms with Gasteiger partial charge < -0.3 is 5.32 Å². The lowest BCUT2D eigenvalue weighted by atomic mass is 9.95. The zero-order valence-corrected chi connectivity index (χ0v) is 7.92. The summed E-state index contributed by atoms with van der Waals surface area (Å²) in [4.78, 5) is 11.3. The molecule has 1 heterocycles. The maximum atomic E-state index is 11.3. The Morgan fingerprint density at radius 3 is 3.00 bits per heavy atom. The smallest absolute Gasteiger partial charge is 0.160 e. The second kappa shape index (κ2) is 2.87. The van der Waals surface area contributed by atoms with Crippen molar-refractivity contribution in [3.8, 4) is 0 Å². The van der Waals surface area contributed by atoms with Crippen LogP contribution in [-0.4, -0.2) is 12.3 Å². The Morgan fingerprint density at radius 1 is 1.54 bits per heavy atom. The van der Waals surface area contributed by atoms with E-state index in [1.54, 1.807) is 6.92 Å². The van der Waals surface area contributed by atoms with Gasteiger partial charge in [0, 0.05) is 23.7 Å². The Morgan fingerprint density at radius 2 is 2.31 bits per heavy atom. The number of benzene rings is 1. The van der Waals surface area contributed by atoms with Crippen molar-refractivity contribution >= 4 is 11.5 Å². The highest BCUT2D eigenvalue weighted by Gasteiger charge is 2.22. The first kappa shape index (κ1) is 8.30. The molecule has 0 radical (unpaired) electrons. The molecule has 1 N–H and O–H groups in total. The third-order valence-electron chi connectivity index (χ3n) is 2.58. The summed E-state index contributed by atoms with van der Waals surface area (Å²) in [7, 11) is 0. The first-order valence-electron chi connectivity index (χ1n) is 4.58. The minimum Gasteiger partial charge on any atom is -0.384 e. The van der Waals surface area contributed by atoms with Gasteiger partial charge in [-0.2, -0.15) is 0 Å². The molecule has 0 aliphatic carbocycles. The van der Waals surface area contributed by atoms with Gasteiger partial charge in [-0.25, -0.2) is 0 Å². The molecule has 68 valence electrons. The Hall–Kier alpha value is -1.31. The molecule has 2 nitrogen and oxygen atoms in total. The summed E-state index contributed by atoms with van der Waals surface area (Å²) in [5.41, 5.74) is 3.19. The molecule has 1 unspecified atom stereocenters. The van der Waals surface area contributed by atoms with Crippen LogP contribution in [0.2, 0.25) is 0 Å². The van der Waals surface area contributed by atoms with Gasteiger partial charge in [-0.3, -0.25) is 4.79 Å². The summed E-state index contributed by atoms with van der Waals surface area (Å²) in [5, 5.41) is 3.29. The highest BCUT2D eigenvalue weighted by molar-refractivity contribution is 5.97. The summed E-state index contributed by atoms with van der Waals surface area (Å²) >= 11 is 0. The first-order chi connectivity index (χ1) is 6.20. The van der Waals surface area contributed by atoms with Crippen molar-refractivity contribution in [3.63, 3.8) is 0 Å². The summed E-state index contributed by atoms with van der Waals surface area (Å²) in [6.45, 7) is 4.71. The number of ketones is 1. The van der Waals surface area contributed by atoms with Crippen molar-refractivity contribution < 1.29 is 4.79 Å². The van der Waals surface area contributed by atoms with E-state index in [9.17, 15) is 4.79 Å². The van der Waals surface area contributed by atoms with Crippen LogP contribution in [0.1, 0.15) is 35.7 Å². The molecule has 1 aliphatic rings. The van der Waals surface area contributed by atoms with Gasteiger partial charge in [0.05, 0.1) is 0 Å². The minimum absolute atomic E-state index is 0.160. The molecule has 1 atom stereocenters. The van der Waals surface area contributed by atoms with Crippen LogP contribution in [0.3, 0.4) is 0 Å². The summed E-state index contributed by atoms with van der Waals surface area (Å²) in [6, 6.07) is 5.87. The third-order valence-corrected chi connectivity index (χ3v) is 2.58. The van der Waals surface area contributed by atoms with Crippen LogP contribution >= 0.6 is 0 Å². The molecule has 0 amide bonds. The third kappa shape index (κ3) is 1.22. The number of carbonyl (C=O) groups excluding carboxylic acids is 1. The fourth-order valence-electron chi connectivity index (χ4n) is 1.92. The van der Waals surface area contributed by atoms with Gasteiger partial charge in [-0.15, -0.1) is 0 Å². The summed E-state index contributed by atoms with van der Waals surface area (Å²) in [5.74, 6) is 0.613. The van der Waals surface area contributed by atoms with Crippen molar-refractivity contribution in [2.24, 2.45) is 0 Å². The van der Waals surface area contributed by atoms with E-state index >= 15 is 0 Å². The molecular formula is C11H13NO. The minimum atomic E-state index is 0.160. The van der Waals surface area contributed by atoms with Crippen molar-refractivity contribution in [1.82, 2.24) is 0 Å². The Bertz CT molecular complexity index is 357. The van der Waals surface area contributed by atoms with Crippen LogP contribution in [0.5, 0.6) is 0 Å². The quantitative estimate of drug-likeness (QED) is 0.664. The molecule has 1 aromatic rings. The number of fused-ring (bicyclic) bond motifs is 1. The monoisotopic (exact) mass is 175 g/mol. The second-order valence-corrected chi connectivity index (χ2v) is 3.60. The van der Waals surface area contributed by atoms with Crippen molar-refractivity contribution in [1.29, 1.82) is 0 Å². The molecule has 0 fully saturated rings. The lowest BCUT2D eigenvalue weighted by Crippen LogP contribution is -2.01. The molecule has 1 aliphatic heterocycles. The SMILES string of the molecule is CC(=O)c1cccc2c1C(C)CN2. The van der Waals surface area contributed by atoms with Gasteiger partial charge in [-0.05, 0) is 18.6 Å². The van der Waals surface area contributed by atoms with Crippen LogP contribution in [-0.2, 0) is 0 Å². The van der Waals surface area contributed by atoms with Gasteiger partial charge >= 0.3 is 0 Å². The predicted molar refractivity (Wildman–Crippen MR) is 53.4 cm³/mol. The van der Waals surface area contributed by atoms with E-state index in [1.807, 2.05) is 18.2 Å². The van der Waals surface area contributed by atoms with E-state index in [0.717, 1.165) is 17.8 Å². The van der Waals surface area contributed by atoms with Gasteiger partial charge in [0.15, 0.2) is 5.78 Å². The summed E-state index contributed by atoms with van der Waals surface area (Å²) < 4.78 is 0. The Balaban J connectivity index is 2.60. The zero-order chi connectivity index (χ0) is 9.42. The van der Waals surface area contributed by atoms with Gasteiger partial charge in [0.25, 0.3) is 0 Å². The Kier molecular flexibility index (Phi) is 1.83. The number of rotatable bonds is 1.